The average molecular weight is 421 g/mol. The van der Waals surface area contributed by atoms with Gasteiger partial charge in [-0.2, -0.15) is 0 Å². The maximum atomic E-state index is 12.9. The number of nitrogens with one attached hydrogen (secondary N) is 1. The summed E-state index contributed by atoms with van der Waals surface area (Å²) < 4.78 is 49.6. The number of aromatic nitrogens is 3. The molecule has 0 bridgehead atoms. The fourth-order valence-corrected chi connectivity index (χ4v) is 2.73. The highest BCUT2D eigenvalue weighted by atomic mass is 19.4. The molecule has 0 spiro atoms. The van der Waals surface area contributed by atoms with E-state index in [1.165, 1.54) is 19.2 Å². The zero-order valence-electron chi connectivity index (χ0n) is 16.0. The molecule has 0 aliphatic rings. The summed E-state index contributed by atoms with van der Waals surface area (Å²) in [6, 6.07) is 7.51. The quantitative estimate of drug-likeness (QED) is 0.468. The number of methoxy groups -OCH3 is 1. The van der Waals surface area contributed by atoms with Crippen LogP contribution in [0.4, 0.5) is 19.1 Å². The smallest absolute Gasteiger partial charge is 0.497 e. The Labute approximate surface area is 169 Å². The SMILES string of the molecule is CN=C(CNc1nnc(-c2ccc(OC)cc2OC(F)(F)F)c2cccn12)N=CN. The highest BCUT2D eigenvalue weighted by Gasteiger charge is 2.33. The van der Waals surface area contributed by atoms with E-state index in [9.17, 15) is 13.2 Å². The molecule has 3 rings (SSSR count). The highest BCUT2D eigenvalue weighted by molar-refractivity contribution is 5.91. The van der Waals surface area contributed by atoms with E-state index >= 15 is 0 Å². The number of hydrogen-bond donors (Lipinski definition) is 2. The van der Waals surface area contributed by atoms with Crippen LogP contribution in [0, 0.1) is 0 Å². The van der Waals surface area contributed by atoms with Crippen LogP contribution < -0.4 is 20.5 Å². The van der Waals surface area contributed by atoms with E-state index < -0.39 is 12.1 Å². The molecule has 30 heavy (non-hydrogen) atoms. The third-order valence-electron chi connectivity index (χ3n) is 4.02. The Morgan fingerprint density at radius 1 is 1.30 bits per heavy atom. The molecule has 0 unspecified atom stereocenters. The molecule has 0 amide bonds. The lowest BCUT2D eigenvalue weighted by Gasteiger charge is -2.15. The summed E-state index contributed by atoms with van der Waals surface area (Å²) in [5.74, 6) is 0.541. The van der Waals surface area contributed by atoms with E-state index in [-0.39, 0.29) is 23.6 Å². The summed E-state index contributed by atoms with van der Waals surface area (Å²) in [7, 11) is 2.91. The lowest BCUT2D eigenvalue weighted by Crippen LogP contribution is -2.18. The number of amidine groups is 1. The van der Waals surface area contributed by atoms with E-state index in [0.717, 1.165) is 12.4 Å². The van der Waals surface area contributed by atoms with Crippen LogP contribution in [0.1, 0.15) is 0 Å². The number of benzene rings is 1. The standard InChI is InChI=1S/C18H18F3N7O2/c1-23-15(25-10-22)9-24-17-27-26-16(13-4-3-7-28(13)17)12-6-5-11(29-2)8-14(12)30-18(19,20)21/h3-8,10H,9H2,1-2H3,(H,24,27)(H2,22,23,25). The summed E-state index contributed by atoms with van der Waals surface area (Å²) in [5.41, 5.74) is 6.11. The second-order valence-corrected chi connectivity index (χ2v) is 5.82. The zero-order valence-corrected chi connectivity index (χ0v) is 16.0. The minimum Gasteiger partial charge on any atom is -0.497 e. The van der Waals surface area contributed by atoms with Gasteiger partial charge in [-0.25, -0.2) is 4.99 Å². The summed E-state index contributed by atoms with van der Waals surface area (Å²) in [5, 5.41) is 11.2. The molecule has 3 N–H and O–H groups in total. The van der Waals surface area contributed by atoms with Crippen LogP contribution in [0.3, 0.4) is 0 Å². The predicted molar refractivity (Wildman–Crippen MR) is 106 cm³/mol. The van der Waals surface area contributed by atoms with Crippen LogP contribution in [-0.2, 0) is 0 Å². The van der Waals surface area contributed by atoms with Crippen molar-refractivity contribution in [3.8, 4) is 22.8 Å². The first-order valence-electron chi connectivity index (χ1n) is 8.58. The fourth-order valence-electron chi connectivity index (χ4n) is 2.73. The van der Waals surface area contributed by atoms with Gasteiger partial charge in [-0.1, -0.05) is 0 Å². The second kappa shape index (κ2) is 8.68. The van der Waals surface area contributed by atoms with Crippen molar-refractivity contribution in [2.24, 2.45) is 15.7 Å². The summed E-state index contributed by atoms with van der Waals surface area (Å²) in [6.07, 6.45) is -2.07. The maximum absolute atomic E-state index is 12.9. The van der Waals surface area contributed by atoms with Crippen molar-refractivity contribution in [1.29, 1.82) is 0 Å². The lowest BCUT2D eigenvalue weighted by atomic mass is 10.1. The van der Waals surface area contributed by atoms with Crippen molar-refractivity contribution in [3.63, 3.8) is 0 Å². The topological polar surface area (TPSA) is 111 Å². The fraction of sp³-hybridized carbons (Fsp3) is 0.222. The van der Waals surface area contributed by atoms with Crippen LogP contribution in [-0.4, -0.2) is 53.8 Å². The molecule has 0 saturated carbocycles. The van der Waals surface area contributed by atoms with Gasteiger partial charge in [0, 0.05) is 24.9 Å². The number of nitrogens with zero attached hydrogens (tertiary/aromatic N) is 5. The van der Waals surface area contributed by atoms with Crippen molar-refractivity contribution >= 4 is 23.6 Å². The Morgan fingerprint density at radius 2 is 2.10 bits per heavy atom. The lowest BCUT2D eigenvalue weighted by molar-refractivity contribution is -0.274. The van der Waals surface area contributed by atoms with Gasteiger partial charge in [0.1, 0.15) is 23.0 Å². The van der Waals surface area contributed by atoms with Gasteiger partial charge in [0.25, 0.3) is 0 Å². The van der Waals surface area contributed by atoms with Crippen molar-refractivity contribution in [2.45, 2.75) is 6.36 Å². The summed E-state index contributed by atoms with van der Waals surface area (Å²) >= 11 is 0. The highest BCUT2D eigenvalue weighted by Crippen LogP contribution is 2.37. The van der Waals surface area contributed by atoms with Gasteiger partial charge in [-0.05, 0) is 24.3 Å². The summed E-state index contributed by atoms with van der Waals surface area (Å²) in [4.78, 5) is 7.87. The second-order valence-electron chi connectivity index (χ2n) is 5.82. The molecule has 1 aromatic carbocycles. The number of halogens is 3. The largest absolute Gasteiger partial charge is 0.573 e. The minimum absolute atomic E-state index is 0.111. The maximum Gasteiger partial charge on any atom is 0.573 e. The molecule has 0 radical (unpaired) electrons. The van der Waals surface area contributed by atoms with Gasteiger partial charge in [0.2, 0.25) is 5.95 Å². The first kappa shape index (κ1) is 20.9. The molecule has 0 saturated heterocycles. The zero-order chi connectivity index (χ0) is 21.7. The van der Waals surface area contributed by atoms with Crippen molar-refractivity contribution in [3.05, 3.63) is 36.5 Å². The van der Waals surface area contributed by atoms with Crippen LogP contribution in [0.2, 0.25) is 0 Å². The number of ether oxygens (including phenoxy) is 2. The molecule has 2 heterocycles. The molecule has 0 atom stereocenters. The molecule has 12 heteroatoms. The third kappa shape index (κ3) is 4.59. The van der Waals surface area contributed by atoms with E-state index in [2.05, 4.69) is 30.2 Å². The normalized spacial score (nSPS) is 12.5. The number of fused-ring (bicyclic) bond motifs is 1. The Morgan fingerprint density at radius 3 is 2.77 bits per heavy atom. The molecular weight excluding hydrogens is 403 g/mol. The average Bonchev–Trinajstić information content (AvgIpc) is 3.20. The summed E-state index contributed by atoms with van der Waals surface area (Å²) in [6.45, 7) is 0.219. The Kier molecular flexibility index (Phi) is 6.04. The number of nitrogens with two attached hydrogens (primary N) is 1. The monoisotopic (exact) mass is 421 g/mol. The number of aliphatic imine (C=N–C) groups is 2. The van der Waals surface area contributed by atoms with Crippen molar-refractivity contribution < 1.29 is 22.6 Å². The van der Waals surface area contributed by atoms with Crippen LogP contribution in [0.25, 0.3) is 16.8 Å². The molecule has 0 aliphatic carbocycles. The minimum atomic E-state index is -4.88. The van der Waals surface area contributed by atoms with E-state index in [0.29, 0.717) is 17.3 Å². The van der Waals surface area contributed by atoms with E-state index in [1.807, 2.05) is 0 Å². The van der Waals surface area contributed by atoms with E-state index in [1.54, 1.807) is 29.8 Å². The van der Waals surface area contributed by atoms with Gasteiger partial charge in [-0.15, -0.1) is 23.4 Å². The van der Waals surface area contributed by atoms with Gasteiger partial charge in [-0.3, -0.25) is 9.39 Å². The first-order chi connectivity index (χ1) is 14.4. The van der Waals surface area contributed by atoms with Crippen molar-refractivity contribution in [1.82, 2.24) is 14.6 Å². The number of hydrogen-bond acceptors (Lipinski definition) is 6. The van der Waals surface area contributed by atoms with Gasteiger partial charge < -0.3 is 20.5 Å². The molecule has 158 valence electrons. The number of alkyl halides is 3. The van der Waals surface area contributed by atoms with Crippen LogP contribution in [0.5, 0.6) is 11.5 Å². The van der Waals surface area contributed by atoms with E-state index in [4.69, 9.17) is 10.5 Å². The Hall–Kier alpha value is -3.83. The third-order valence-corrected chi connectivity index (χ3v) is 4.02. The first-order valence-corrected chi connectivity index (χ1v) is 8.58. The van der Waals surface area contributed by atoms with Crippen molar-refractivity contribution in [2.75, 3.05) is 26.0 Å². The molecule has 3 aromatic rings. The Bertz CT molecular complexity index is 1090. The molecular formula is C18H18F3N7O2. The van der Waals surface area contributed by atoms with Gasteiger partial charge in [0.05, 0.1) is 25.5 Å². The van der Waals surface area contributed by atoms with Crippen LogP contribution >= 0.6 is 0 Å². The number of rotatable bonds is 6. The molecule has 9 nitrogen and oxygen atoms in total. The molecule has 2 aromatic heterocycles. The van der Waals surface area contributed by atoms with Gasteiger partial charge >= 0.3 is 6.36 Å². The van der Waals surface area contributed by atoms with Crippen LogP contribution in [0.15, 0.2) is 46.5 Å². The molecule has 0 fully saturated rings. The predicted octanol–water partition coefficient (Wildman–Crippen LogP) is 2.73. The number of anilines is 1. The van der Waals surface area contributed by atoms with Gasteiger partial charge in [0.15, 0.2) is 0 Å². The Balaban J connectivity index is 2.03. The molecule has 0 aliphatic heterocycles.